The summed E-state index contributed by atoms with van der Waals surface area (Å²) >= 11 is 0. The maximum Gasteiger partial charge on any atom is 0.321 e. The van der Waals surface area contributed by atoms with Crippen molar-refractivity contribution in [2.75, 3.05) is 7.05 Å². The fraction of sp³-hybridized carbons (Fsp3) is 0.308. The second kappa shape index (κ2) is 4.59. The summed E-state index contributed by atoms with van der Waals surface area (Å²) in [5.41, 5.74) is 2.19. The van der Waals surface area contributed by atoms with Crippen LogP contribution in [0.1, 0.15) is 5.56 Å². The van der Waals surface area contributed by atoms with Crippen LogP contribution in [0.5, 0.6) is 0 Å². The second-order valence-corrected chi connectivity index (χ2v) is 4.17. The first-order valence-electron chi connectivity index (χ1n) is 5.56. The molecule has 0 aliphatic rings. The Kier molecular flexibility index (Phi) is 3.15. The number of hydrogen-bond donors (Lipinski definition) is 2. The largest absolute Gasteiger partial charge is 0.480 e. The molecule has 0 amide bonds. The van der Waals surface area contributed by atoms with E-state index in [-0.39, 0.29) is 0 Å². The molecular formula is C13H16N2O2. The second-order valence-electron chi connectivity index (χ2n) is 4.17. The van der Waals surface area contributed by atoms with Gasteiger partial charge < -0.3 is 15.0 Å². The molecule has 1 aromatic heterocycles. The van der Waals surface area contributed by atoms with Crippen LogP contribution in [-0.4, -0.2) is 28.7 Å². The van der Waals surface area contributed by atoms with E-state index in [0.29, 0.717) is 6.42 Å². The summed E-state index contributed by atoms with van der Waals surface area (Å²) in [6.45, 7) is 0. The van der Waals surface area contributed by atoms with Crippen LogP contribution in [0.3, 0.4) is 0 Å². The molecule has 1 aromatic carbocycles. The Balaban J connectivity index is 2.39. The molecule has 1 atom stereocenters. The molecule has 90 valence electrons. The highest BCUT2D eigenvalue weighted by molar-refractivity contribution is 5.85. The topological polar surface area (TPSA) is 54.3 Å². The van der Waals surface area contributed by atoms with Crippen LogP contribution >= 0.6 is 0 Å². The van der Waals surface area contributed by atoms with Crippen LogP contribution in [0.2, 0.25) is 0 Å². The predicted octanol–water partition coefficient (Wildman–Crippen LogP) is 1.39. The lowest BCUT2D eigenvalue weighted by molar-refractivity contribution is -0.139. The number of aliphatic carboxylic acids is 1. The monoisotopic (exact) mass is 232 g/mol. The molecule has 2 aromatic rings. The fourth-order valence-electron chi connectivity index (χ4n) is 2.12. The van der Waals surface area contributed by atoms with Crippen molar-refractivity contribution in [2.24, 2.45) is 7.05 Å². The molecule has 0 aliphatic heterocycles. The molecule has 0 bridgehead atoms. The lowest BCUT2D eigenvalue weighted by Gasteiger charge is -2.09. The maximum atomic E-state index is 11.0. The zero-order valence-corrected chi connectivity index (χ0v) is 9.97. The zero-order chi connectivity index (χ0) is 12.4. The van der Waals surface area contributed by atoms with E-state index in [0.717, 1.165) is 16.5 Å². The van der Waals surface area contributed by atoms with Crippen molar-refractivity contribution in [1.82, 2.24) is 9.88 Å². The Morgan fingerprint density at radius 2 is 2.18 bits per heavy atom. The van der Waals surface area contributed by atoms with E-state index in [1.54, 1.807) is 7.05 Å². The first kappa shape index (κ1) is 11.7. The van der Waals surface area contributed by atoms with Gasteiger partial charge in [0.2, 0.25) is 0 Å². The standard InChI is InChI=1S/C13H16N2O2/c1-14-11(13(16)17)7-9-8-15(2)12-6-4-3-5-10(9)12/h3-6,8,11,14H,7H2,1-2H3,(H,16,17)/t11-/m0/s1. The average molecular weight is 232 g/mol. The smallest absolute Gasteiger partial charge is 0.321 e. The lowest BCUT2D eigenvalue weighted by atomic mass is 10.1. The third kappa shape index (κ3) is 2.17. The first-order chi connectivity index (χ1) is 8.13. The van der Waals surface area contributed by atoms with Gasteiger partial charge in [-0.1, -0.05) is 18.2 Å². The normalized spacial score (nSPS) is 12.8. The molecule has 0 saturated heterocycles. The molecule has 2 rings (SSSR count). The highest BCUT2D eigenvalue weighted by Gasteiger charge is 2.17. The summed E-state index contributed by atoms with van der Waals surface area (Å²) in [7, 11) is 3.64. The van der Waals surface area contributed by atoms with E-state index in [2.05, 4.69) is 5.32 Å². The average Bonchev–Trinajstić information content (AvgIpc) is 2.63. The number of carbonyl (C=O) groups is 1. The highest BCUT2D eigenvalue weighted by atomic mass is 16.4. The third-order valence-corrected chi connectivity index (χ3v) is 3.05. The highest BCUT2D eigenvalue weighted by Crippen LogP contribution is 2.21. The lowest BCUT2D eigenvalue weighted by Crippen LogP contribution is -2.35. The Morgan fingerprint density at radius 3 is 2.82 bits per heavy atom. The van der Waals surface area contributed by atoms with E-state index < -0.39 is 12.0 Å². The molecule has 4 nitrogen and oxygen atoms in total. The van der Waals surface area contributed by atoms with E-state index in [1.165, 1.54) is 0 Å². The maximum absolute atomic E-state index is 11.0. The number of carboxylic acid groups (broad SMARTS) is 1. The van der Waals surface area contributed by atoms with E-state index in [4.69, 9.17) is 5.11 Å². The van der Waals surface area contributed by atoms with Crippen molar-refractivity contribution in [3.63, 3.8) is 0 Å². The van der Waals surface area contributed by atoms with Crippen LogP contribution in [0, 0.1) is 0 Å². The van der Waals surface area contributed by atoms with Gasteiger partial charge in [-0.3, -0.25) is 4.79 Å². The molecule has 0 saturated carbocycles. The van der Waals surface area contributed by atoms with Crippen molar-refractivity contribution in [3.05, 3.63) is 36.0 Å². The number of hydrogen-bond acceptors (Lipinski definition) is 2. The number of fused-ring (bicyclic) bond motifs is 1. The summed E-state index contributed by atoms with van der Waals surface area (Å²) in [5, 5.41) is 13.0. The molecule has 0 spiro atoms. The van der Waals surface area contributed by atoms with Crippen molar-refractivity contribution in [1.29, 1.82) is 0 Å². The van der Waals surface area contributed by atoms with Gasteiger partial charge in [0.1, 0.15) is 6.04 Å². The minimum absolute atomic E-state index is 0.493. The van der Waals surface area contributed by atoms with Crippen molar-refractivity contribution >= 4 is 16.9 Å². The van der Waals surface area contributed by atoms with Crippen LogP contribution < -0.4 is 5.32 Å². The number of para-hydroxylation sites is 1. The van der Waals surface area contributed by atoms with Gasteiger partial charge in [0.25, 0.3) is 0 Å². The molecular weight excluding hydrogens is 216 g/mol. The number of carboxylic acids is 1. The minimum Gasteiger partial charge on any atom is -0.480 e. The van der Waals surface area contributed by atoms with Gasteiger partial charge in [-0.05, 0) is 18.7 Å². The van der Waals surface area contributed by atoms with Gasteiger partial charge in [0.15, 0.2) is 0 Å². The fourth-order valence-corrected chi connectivity index (χ4v) is 2.12. The minimum atomic E-state index is -0.819. The number of aromatic nitrogens is 1. The van der Waals surface area contributed by atoms with Crippen molar-refractivity contribution in [3.8, 4) is 0 Å². The molecule has 4 heteroatoms. The number of nitrogens with one attached hydrogen (secondary N) is 1. The van der Waals surface area contributed by atoms with Gasteiger partial charge in [0.05, 0.1) is 0 Å². The number of aryl methyl sites for hydroxylation is 1. The van der Waals surface area contributed by atoms with E-state index in [9.17, 15) is 4.79 Å². The molecule has 0 unspecified atom stereocenters. The van der Waals surface area contributed by atoms with Crippen molar-refractivity contribution in [2.45, 2.75) is 12.5 Å². The number of rotatable bonds is 4. The van der Waals surface area contributed by atoms with Crippen LogP contribution in [0.25, 0.3) is 10.9 Å². The first-order valence-corrected chi connectivity index (χ1v) is 5.56. The zero-order valence-electron chi connectivity index (χ0n) is 9.97. The van der Waals surface area contributed by atoms with Gasteiger partial charge >= 0.3 is 5.97 Å². The quantitative estimate of drug-likeness (QED) is 0.837. The molecule has 17 heavy (non-hydrogen) atoms. The summed E-state index contributed by atoms with van der Waals surface area (Å²) in [6, 6.07) is 7.48. The van der Waals surface area contributed by atoms with Gasteiger partial charge in [-0.2, -0.15) is 0 Å². The van der Waals surface area contributed by atoms with Crippen LogP contribution in [0.4, 0.5) is 0 Å². The Hall–Kier alpha value is -1.81. The van der Waals surface area contributed by atoms with E-state index in [1.807, 2.05) is 42.1 Å². The summed E-state index contributed by atoms with van der Waals surface area (Å²) < 4.78 is 2.03. The van der Waals surface area contributed by atoms with Gasteiger partial charge in [-0.25, -0.2) is 0 Å². The third-order valence-electron chi connectivity index (χ3n) is 3.05. The van der Waals surface area contributed by atoms with Gasteiger partial charge in [-0.15, -0.1) is 0 Å². The van der Waals surface area contributed by atoms with Crippen molar-refractivity contribution < 1.29 is 9.90 Å². The number of likely N-dealkylation sites (N-methyl/N-ethyl adjacent to an activating group) is 1. The Morgan fingerprint density at radius 1 is 1.47 bits per heavy atom. The molecule has 0 fully saturated rings. The molecule has 0 radical (unpaired) electrons. The summed E-state index contributed by atoms with van der Waals surface area (Å²) in [5.74, 6) is -0.819. The Labute approximate surface area is 99.9 Å². The summed E-state index contributed by atoms with van der Waals surface area (Å²) in [6.07, 6.45) is 2.49. The van der Waals surface area contributed by atoms with Crippen LogP contribution in [0.15, 0.2) is 30.5 Å². The predicted molar refractivity (Wildman–Crippen MR) is 67.1 cm³/mol. The van der Waals surface area contributed by atoms with Gasteiger partial charge in [0, 0.05) is 30.6 Å². The summed E-state index contributed by atoms with van der Waals surface area (Å²) in [4.78, 5) is 11.0. The molecule has 1 heterocycles. The number of benzene rings is 1. The SMILES string of the molecule is CN[C@@H](Cc1cn(C)c2ccccc12)C(=O)O. The molecule has 0 aliphatic carbocycles. The van der Waals surface area contributed by atoms with Crippen LogP contribution in [-0.2, 0) is 18.3 Å². The molecule has 2 N–H and O–H groups in total. The number of nitrogens with zero attached hydrogens (tertiary/aromatic N) is 1. The Bertz CT molecular complexity index is 545. The van der Waals surface area contributed by atoms with E-state index >= 15 is 0 Å².